The zero-order valence-electron chi connectivity index (χ0n) is 26.5. The van der Waals surface area contributed by atoms with Crippen LogP contribution in [-0.2, 0) is 22.4 Å². The Kier molecular flexibility index (Phi) is 8.20. The van der Waals surface area contributed by atoms with Gasteiger partial charge < -0.3 is 24.3 Å². The van der Waals surface area contributed by atoms with E-state index in [1.165, 1.54) is 24.2 Å². The number of fused-ring (bicyclic) bond motifs is 1. The summed E-state index contributed by atoms with van der Waals surface area (Å²) in [7, 11) is 0. The van der Waals surface area contributed by atoms with Gasteiger partial charge in [-0.25, -0.2) is 9.97 Å². The van der Waals surface area contributed by atoms with E-state index in [2.05, 4.69) is 78.4 Å². The topological polar surface area (TPSA) is 105 Å². The minimum absolute atomic E-state index is 0.671. The second-order valence-corrected chi connectivity index (χ2v) is 12.8. The standard InChI is InChI=1S/C35H41N9O2/c1-24-20-31(41-40-24)26-4-7-28(8-5-26)36-33-22-30(38-35(39-33)43-14-18-46-19-15-43)27-6-9-29-32(21-27)44(23-25-2-3-25)34(37-29)10-11-42-12-16-45-17-13-42/h4-9,21-22,25H,2-3,10-20,23H2,1H3,(H,36,38,39). The minimum Gasteiger partial charge on any atom is -0.379 e. The quantitative estimate of drug-likeness (QED) is 0.267. The van der Waals surface area contributed by atoms with Gasteiger partial charge >= 0.3 is 0 Å². The van der Waals surface area contributed by atoms with Gasteiger partial charge in [0.25, 0.3) is 0 Å². The maximum atomic E-state index is 5.63. The van der Waals surface area contributed by atoms with Gasteiger partial charge in [-0.3, -0.25) is 4.90 Å². The van der Waals surface area contributed by atoms with E-state index in [4.69, 9.17) is 24.4 Å². The molecule has 0 bridgehead atoms. The summed E-state index contributed by atoms with van der Waals surface area (Å²) in [4.78, 5) is 19.9. The van der Waals surface area contributed by atoms with Crippen molar-refractivity contribution in [1.82, 2.24) is 24.4 Å². The fourth-order valence-electron chi connectivity index (χ4n) is 6.43. The second-order valence-electron chi connectivity index (χ2n) is 12.8. The highest BCUT2D eigenvalue weighted by molar-refractivity contribution is 6.14. The first-order valence-corrected chi connectivity index (χ1v) is 16.6. The molecule has 1 N–H and O–H groups in total. The van der Waals surface area contributed by atoms with E-state index in [0.29, 0.717) is 19.2 Å². The third-order valence-corrected chi connectivity index (χ3v) is 9.28. The average molecular weight is 620 g/mol. The number of hydrogen-bond acceptors (Lipinski definition) is 10. The van der Waals surface area contributed by atoms with Crippen LogP contribution in [0, 0.1) is 5.92 Å². The van der Waals surface area contributed by atoms with Gasteiger partial charge in [0.05, 0.1) is 48.9 Å². The van der Waals surface area contributed by atoms with Crippen molar-refractivity contribution in [3.63, 3.8) is 0 Å². The van der Waals surface area contributed by atoms with Crippen LogP contribution in [0.15, 0.2) is 58.7 Å². The van der Waals surface area contributed by atoms with Gasteiger partial charge in [-0.05, 0) is 55.5 Å². The molecular formula is C35H41N9O2. The molecule has 11 nitrogen and oxygen atoms in total. The Morgan fingerprint density at radius 1 is 0.826 bits per heavy atom. The molecule has 2 saturated heterocycles. The third-order valence-electron chi connectivity index (χ3n) is 9.28. The van der Waals surface area contributed by atoms with Gasteiger partial charge in [0.1, 0.15) is 11.6 Å². The molecule has 1 aliphatic carbocycles. The van der Waals surface area contributed by atoms with Gasteiger partial charge in [0.2, 0.25) is 5.95 Å². The zero-order valence-corrected chi connectivity index (χ0v) is 26.5. The molecule has 2 aromatic carbocycles. The van der Waals surface area contributed by atoms with Crippen LogP contribution < -0.4 is 10.2 Å². The van der Waals surface area contributed by atoms with Crippen molar-refractivity contribution in [2.75, 3.05) is 69.4 Å². The lowest BCUT2D eigenvalue weighted by Crippen LogP contribution is -2.37. The lowest BCUT2D eigenvalue weighted by molar-refractivity contribution is 0.0381. The molecule has 46 heavy (non-hydrogen) atoms. The summed E-state index contributed by atoms with van der Waals surface area (Å²) in [6, 6.07) is 17.0. The van der Waals surface area contributed by atoms with E-state index < -0.39 is 0 Å². The molecule has 3 aliphatic heterocycles. The molecule has 0 amide bonds. The van der Waals surface area contributed by atoms with Crippen molar-refractivity contribution < 1.29 is 9.47 Å². The smallest absolute Gasteiger partial charge is 0.228 e. The molecule has 238 valence electrons. The number of hydrogen-bond donors (Lipinski definition) is 1. The first kappa shape index (κ1) is 29.2. The number of ether oxygens (including phenoxy) is 2. The molecule has 0 radical (unpaired) electrons. The number of benzene rings is 2. The summed E-state index contributed by atoms with van der Waals surface area (Å²) < 4.78 is 13.7. The van der Waals surface area contributed by atoms with Crippen molar-refractivity contribution in [2.45, 2.75) is 39.2 Å². The van der Waals surface area contributed by atoms with Gasteiger partial charge in [-0.2, -0.15) is 15.2 Å². The highest BCUT2D eigenvalue weighted by atomic mass is 16.5. The Morgan fingerprint density at radius 2 is 1.59 bits per heavy atom. The van der Waals surface area contributed by atoms with Gasteiger partial charge in [-0.15, -0.1) is 0 Å². The summed E-state index contributed by atoms with van der Waals surface area (Å²) in [5.41, 5.74) is 8.28. The van der Waals surface area contributed by atoms with Crippen LogP contribution in [0.5, 0.6) is 0 Å². The van der Waals surface area contributed by atoms with E-state index in [1.807, 2.05) is 6.92 Å². The molecule has 11 heteroatoms. The normalized spacial score (nSPS) is 19.0. The highest BCUT2D eigenvalue weighted by Crippen LogP contribution is 2.34. The molecule has 0 atom stereocenters. The fraction of sp³-hybridized carbons (Fsp3) is 0.457. The van der Waals surface area contributed by atoms with Crippen LogP contribution in [0.3, 0.4) is 0 Å². The van der Waals surface area contributed by atoms with E-state index in [-0.39, 0.29) is 0 Å². The predicted octanol–water partition coefficient (Wildman–Crippen LogP) is 4.93. The zero-order chi connectivity index (χ0) is 30.9. The van der Waals surface area contributed by atoms with Gasteiger partial charge in [0.15, 0.2) is 0 Å². The maximum absolute atomic E-state index is 5.63. The molecule has 0 unspecified atom stereocenters. The molecule has 8 rings (SSSR count). The number of morpholine rings is 2. The largest absolute Gasteiger partial charge is 0.379 e. The van der Waals surface area contributed by atoms with Crippen molar-refractivity contribution in [2.24, 2.45) is 16.1 Å². The van der Waals surface area contributed by atoms with E-state index >= 15 is 0 Å². The molecule has 0 spiro atoms. The van der Waals surface area contributed by atoms with Gasteiger partial charge in [0, 0.05) is 75.1 Å². The van der Waals surface area contributed by atoms with Crippen molar-refractivity contribution >= 4 is 39.9 Å². The fourth-order valence-corrected chi connectivity index (χ4v) is 6.43. The summed E-state index contributed by atoms with van der Waals surface area (Å²) in [6.45, 7) is 10.6. The Balaban J connectivity index is 1.10. The van der Waals surface area contributed by atoms with Crippen molar-refractivity contribution in [3.8, 4) is 11.3 Å². The highest BCUT2D eigenvalue weighted by Gasteiger charge is 2.25. The lowest BCUT2D eigenvalue weighted by atomic mass is 10.1. The Morgan fingerprint density at radius 3 is 2.33 bits per heavy atom. The molecular weight excluding hydrogens is 578 g/mol. The monoisotopic (exact) mass is 619 g/mol. The van der Waals surface area contributed by atoms with Crippen LogP contribution in [0.25, 0.3) is 22.3 Å². The van der Waals surface area contributed by atoms with Crippen molar-refractivity contribution in [3.05, 3.63) is 59.9 Å². The summed E-state index contributed by atoms with van der Waals surface area (Å²) in [6.07, 6.45) is 4.34. The van der Waals surface area contributed by atoms with E-state index in [0.717, 1.165) is 117 Å². The second kappa shape index (κ2) is 12.9. The molecule has 3 fully saturated rings. The Labute approximate surface area is 269 Å². The molecule has 1 saturated carbocycles. The van der Waals surface area contributed by atoms with Crippen LogP contribution >= 0.6 is 0 Å². The first-order chi connectivity index (χ1) is 22.6. The predicted molar refractivity (Wildman–Crippen MR) is 181 cm³/mol. The summed E-state index contributed by atoms with van der Waals surface area (Å²) in [5.74, 6) is 3.40. The van der Waals surface area contributed by atoms with E-state index in [9.17, 15) is 0 Å². The summed E-state index contributed by atoms with van der Waals surface area (Å²) >= 11 is 0. The number of nitrogens with one attached hydrogen (secondary N) is 1. The number of anilines is 3. The Hall–Kier alpha value is -4.19. The molecule has 2 aromatic heterocycles. The first-order valence-electron chi connectivity index (χ1n) is 16.6. The van der Waals surface area contributed by atoms with Crippen LogP contribution in [0.2, 0.25) is 0 Å². The average Bonchev–Trinajstić information content (AvgIpc) is 3.72. The number of nitrogens with zero attached hydrogens (tertiary/aromatic N) is 8. The molecule has 5 heterocycles. The number of aromatic nitrogens is 4. The minimum atomic E-state index is 0.671. The van der Waals surface area contributed by atoms with Gasteiger partial charge in [-0.1, -0.05) is 18.2 Å². The van der Waals surface area contributed by atoms with E-state index in [1.54, 1.807) is 0 Å². The third kappa shape index (κ3) is 6.53. The molecule has 4 aliphatic rings. The van der Waals surface area contributed by atoms with Crippen molar-refractivity contribution in [1.29, 1.82) is 0 Å². The number of rotatable bonds is 10. The molecule has 4 aromatic rings. The maximum Gasteiger partial charge on any atom is 0.228 e. The summed E-state index contributed by atoms with van der Waals surface area (Å²) in [5, 5.41) is 12.1. The SMILES string of the molecule is CC1=NN=C(c2ccc(Nc3cc(-c4ccc5nc(CCN6CCOCC6)n(CC6CC6)c5c4)nc(N4CCOCC4)n3)cc2)C1. The van der Waals surface area contributed by atoms with Crippen LogP contribution in [0.1, 0.15) is 37.6 Å². The lowest BCUT2D eigenvalue weighted by Gasteiger charge is -2.27. The number of imidazole rings is 1. The Bertz CT molecular complexity index is 1760. The van der Waals surface area contributed by atoms with Crippen LogP contribution in [-0.4, -0.2) is 95.0 Å². The van der Waals surface area contributed by atoms with Crippen LogP contribution in [0.4, 0.5) is 17.5 Å².